The summed E-state index contributed by atoms with van der Waals surface area (Å²) in [6.45, 7) is 2.28. The first kappa shape index (κ1) is 16.1. The molecule has 0 atom stereocenters. The lowest BCUT2D eigenvalue weighted by Crippen LogP contribution is -2.33. The van der Waals surface area contributed by atoms with Gasteiger partial charge in [-0.15, -0.1) is 5.10 Å². The van der Waals surface area contributed by atoms with Gasteiger partial charge >= 0.3 is 0 Å². The van der Waals surface area contributed by atoms with Gasteiger partial charge in [-0.25, -0.2) is 4.68 Å². The summed E-state index contributed by atoms with van der Waals surface area (Å²) in [6, 6.07) is 16.6. The van der Waals surface area contributed by atoms with Gasteiger partial charge in [0.2, 0.25) is 5.88 Å². The van der Waals surface area contributed by atoms with E-state index in [0.29, 0.717) is 17.0 Å². The van der Waals surface area contributed by atoms with E-state index in [-0.39, 0.29) is 25.0 Å². The van der Waals surface area contributed by atoms with Crippen molar-refractivity contribution < 1.29 is 14.3 Å². The van der Waals surface area contributed by atoms with E-state index in [9.17, 15) is 9.59 Å². The standard InChI is InChI=1S/C20H17N3O3/c1-14-13-23(15-7-3-2-4-8-15)21-18(14)26-12-11-22-19(24)16-9-5-6-10-17(16)20(22)25/h2-10,13H,11-12H2,1H3. The van der Waals surface area contributed by atoms with Gasteiger partial charge < -0.3 is 4.74 Å². The predicted octanol–water partition coefficient (Wildman–Crippen LogP) is 2.86. The van der Waals surface area contributed by atoms with E-state index in [0.717, 1.165) is 11.3 Å². The molecule has 0 spiro atoms. The largest absolute Gasteiger partial charge is 0.475 e. The maximum absolute atomic E-state index is 12.3. The van der Waals surface area contributed by atoms with Crippen LogP contribution in [-0.2, 0) is 0 Å². The van der Waals surface area contributed by atoms with Crippen LogP contribution in [0.5, 0.6) is 5.88 Å². The zero-order valence-electron chi connectivity index (χ0n) is 14.3. The Bertz CT molecular complexity index is 944. The molecule has 1 aliphatic heterocycles. The van der Waals surface area contributed by atoms with Crippen LogP contribution in [0.4, 0.5) is 0 Å². The fourth-order valence-electron chi connectivity index (χ4n) is 2.98. The number of aromatic nitrogens is 2. The Morgan fingerprint density at radius 3 is 2.19 bits per heavy atom. The normalized spacial score (nSPS) is 13.2. The molecule has 0 saturated heterocycles. The van der Waals surface area contributed by atoms with E-state index in [1.165, 1.54) is 4.90 Å². The van der Waals surface area contributed by atoms with Gasteiger partial charge in [0.1, 0.15) is 6.61 Å². The third kappa shape index (κ3) is 2.75. The van der Waals surface area contributed by atoms with Crippen molar-refractivity contribution in [2.45, 2.75) is 6.92 Å². The molecule has 0 radical (unpaired) electrons. The fraction of sp³-hybridized carbons (Fsp3) is 0.150. The molecule has 6 heteroatoms. The fourth-order valence-corrected chi connectivity index (χ4v) is 2.98. The molecule has 0 N–H and O–H groups in total. The molecule has 1 aromatic heterocycles. The lowest BCUT2D eigenvalue weighted by atomic mass is 10.1. The molecular formula is C20H17N3O3. The van der Waals surface area contributed by atoms with Crippen LogP contribution >= 0.6 is 0 Å². The molecule has 26 heavy (non-hydrogen) atoms. The predicted molar refractivity (Wildman–Crippen MR) is 95.6 cm³/mol. The van der Waals surface area contributed by atoms with Crippen molar-refractivity contribution in [1.82, 2.24) is 14.7 Å². The van der Waals surface area contributed by atoms with Gasteiger partial charge in [0.15, 0.2) is 0 Å². The molecule has 1 aliphatic rings. The van der Waals surface area contributed by atoms with Crippen LogP contribution in [0.1, 0.15) is 26.3 Å². The van der Waals surface area contributed by atoms with Crippen molar-refractivity contribution in [2.24, 2.45) is 0 Å². The number of carbonyl (C=O) groups is 2. The number of rotatable bonds is 5. The molecule has 0 saturated carbocycles. The smallest absolute Gasteiger partial charge is 0.261 e. The van der Waals surface area contributed by atoms with Gasteiger partial charge in [0.25, 0.3) is 11.8 Å². The van der Waals surface area contributed by atoms with Gasteiger partial charge in [-0.2, -0.15) is 0 Å². The Morgan fingerprint density at radius 2 is 1.54 bits per heavy atom. The minimum Gasteiger partial charge on any atom is -0.475 e. The van der Waals surface area contributed by atoms with Crippen molar-refractivity contribution >= 4 is 11.8 Å². The summed E-state index contributed by atoms with van der Waals surface area (Å²) in [4.78, 5) is 25.9. The molecule has 4 rings (SSSR count). The van der Waals surface area contributed by atoms with Crippen LogP contribution in [0.15, 0.2) is 60.8 Å². The third-order valence-corrected chi connectivity index (χ3v) is 4.30. The monoisotopic (exact) mass is 347 g/mol. The number of ether oxygens (including phenoxy) is 1. The summed E-state index contributed by atoms with van der Waals surface area (Å²) in [5.41, 5.74) is 2.71. The number of amides is 2. The number of nitrogens with zero attached hydrogens (tertiary/aromatic N) is 3. The number of benzene rings is 2. The van der Waals surface area contributed by atoms with Gasteiger partial charge in [0, 0.05) is 11.8 Å². The summed E-state index contributed by atoms with van der Waals surface area (Å²) in [6.07, 6.45) is 1.88. The van der Waals surface area contributed by atoms with E-state index in [1.807, 2.05) is 43.5 Å². The highest BCUT2D eigenvalue weighted by Gasteiger charge is 2.34. The highest BCUT2D eigenvalue weighted by Crippen LogP contribution is 2.22. The number of imide groups is 1. The Balaban J connectivity index is 1.43. The van der Waals surface area contributed by atoms with Gasteiger partial charge in [0.05, 0.1) is 23.4 Å². The van der Waals surface area contributed by atoms with Crippen molar-refractivity contribution in [3.63, 3.8) is 0 Å². The molecular weight excluding hydrogens is 330 g/mol. The number of hydrogen-bond acceptors (Lipinski definition) is 4. The Morgan fingerprint density at radius 1 is 0.923 bits per heavy atom. The van der Waals surface area contributed by atoms with Crippen LogP contribution in [0.2, 0.25) is 0 Å². The number of hydrogen-bond donors (Lipinski definition) is 0. The lowest BCUT2D eigenvalue weighted by molar-refractivity contribution is 0.0630. The molecule has 0 fully saturated rings. The van der Waals surface area contributed by atoms with Crippen molar-refractivity contribution in [2.75, 3.05) is 13.2 Å². The average Bonchev–Trinajstić information content (AvgIpc) is 3.16. The third-order valence-electron chi connectivity index (χ3n) is 4.30. The van der Waals surface area contributed by atoms with Crippen LogP contribution < -0.4 is 4.74 Å². The van der Waals surface area contributed by atoms with Crippen LogP contribution in [-0.4, -0.2) is 39.6 Å². The zero-order valence-corrected chi connectivity index (χ0v) is 14.3. The number of carbonyl (C=O) groups excluding carboxylic acids is 2. The van der Waals surface area contributed by atoms with E-state index in [1.54, 1.807) is 28.9 Å². The van der Waals surface area contributed by atoms with Gasteiger partial charge in [-0.3, -0.25) is 14.5 Å². The quantitative estimate of drug-likeness (QED) is 0.666. The van der Waals surface area contributed by atoms with E-state index in [4.69, 9.17) is 4.74 Å². The molecule has 0 bridgehead atoms. The lowest BCUT2D eigenvalue weighted by Gasteiger charge is -2.13. The SMILES string of the molecule is Cc1cn(-c2ccccc2)nc1OCCN1C(=O)c2ccccc2C1=O. The van der Waals surface area contributed by atoms with Gasteiger partial charge in [-0.1, -0.05) is 30.3 Å². The van der Waals surface area contributed by atoms with Crippen LogP contribution in [0.3, 0.4) is 0 Å². The maximum Gasteiger partial charge on any atom is 0.261 e. The summed E-state index contributed by atoms with van der Waals surface area (Å²) >= 11 is 0. The second-order valence-electron chi connectivity index (χ2n) is 6.05. The number of para-hydroxylation sites is 1. The van der Waals surface area contributed by atoms with Crippen molar-refractivity contribution in [3.05, 3.63) is 77.5 Å². The van der Waals surface area contributed by atoms with Crippen LogP contribution in [0, 0.1) is 6.92 Å². The Labute approximate surface area is 150 Å². The Hall–Kier alpha value is -3.41. The molecule has 0 aliphatic carbocycles. The second-order valence-corrected chi connectivity index (χ2v) is 6.05. The van der Waals surface area contributed by atoms with Gasteiger partial charge in [-0.05, 0) is 31.2 Å². The van der Waals surface area contributed by atoms with Crippen LogP contribution in [0.25, 0.3) is 5.69 Å². The summed E-state index contributed by atoms with van der Waals surface area (Å²) < 4.78 is 7.46. The van der Waals surface area contributed by atoms with Crippen molar-refractivity contribution in [3.8, 4) is 11.6 Å². The highest BCUT2D eigenvalue weighted by atomic mass is 16.5. The zero-order chi connectivity index (χ0) is 18.1. The minimum atomic E-state index is -0.277. The Kier molecular flexibility index (Phi) is 4.01. The molecule has 2 aromatic carbocycles. The molecule has 6 nitrogen and oxygen atoms in total. The first-order valence-electron chi connectivity index (χ1n) is 8.35. The number of aryl methyl sites for hydroxylation is 1. The summed E-state index contributed by atoms with van der Waals surface area (Å²) in [5.74, 6) is -0.0630. The van der Waals surface area contributed by atoms with E-state index >= 15 is 0 Å². The molecule has 130 valence electrons. The average molecular weight is 347 g/mol. The highest BCUT2D eigenvalue weighted by molar-refractivity contribution is 6.21. The molecule has 2 amide bonds. The molecule has 2 heterocycles. The maximum atomic E-state index is 12.3. The van der Waals surface area contributed by atoms with E-state index in [2.05, 4.69) is 5.10 Å². The molecule has 3 aromatic rings. The second kappa shape index (κ2) is 6.48. The molecule has 0 unspecified atom stereocenters. The summed E-state index contributed by atoms with van der Waals surface area (Å²) in [5, 5.41) is 4.43. The first-order chi connectivity index (χ1) is 12.6. The summed E-state index contributed by atoms with van der Waals surface area (Å²) in [7, 11) is 0. The first-order valence-corrected chi connectivity index (χ1v) is 8.35. The number of fused-ring (bicyclic) bond motifs is 1. The minimum absolute atomic E-state index is 0.185. The topological polar surface area (TPSA) is 64.4 Å². The van der Waals surface area contributed by atoms with Crippen molar-refractivity contribution in [1.29, 1.82) is 0 Å². The van der Waals surface area contributed by atoms with E-state index < -0.39 is 0 Å².